The lowest BCUT2D eigenvalue weighted by Gasteiger charge is -2.32. The monoisotopic (exact) mass is 274 g/mol. The van der Waals surface area contributed by atoms with E-state index in [-0.39, 0.29) is 17.2 Å². The number of hydrogen-bond donors (Lipinski definition) is 1. The standard InChI is InChI=1S/C13H14N4O3/c1-9-2-3-10(6-12(9)17(19)20)13(18)16-5-4-15-8-11(16)7-14/h2-3,6,11,15H,4-5,8H2,1H3. The van der Waals surface area contributed by atoms with Crippen molar-refractivity contribution in [2.75, 3.05) is 19.6 Å². The number of amides is 1. The van der Waals surface area contributed by atoms with Gasteiger partial charge in [-0.1, -0.05) is 6.07 Å². The molecule has 1 aromatic carbocycles. The van der Waals surface area contributed by atoms with Crippen LogP contribution < -0.4 is 5.32 Å². The highest BCUT2D eigenvalue weighted by Gasteiger charge is 2.28. The number of piperazine rings is 1. The molecule has 0 saturated carbocycles. The summed E-state index contributed by atoms with van der Waals surface area (Å²) in [6.07, 6.45) is 0. The van der Waals surface area contributed by atoms with Crippen LogP contribution in [0.15, 0.2) is 18.2 Å². The Morgan fingerprint density at radius 1 is 1.60 bits per heavy atom. The summed E-state index contributed by atoms with van der Waals surface area (Å²) in [5.74, 6) is -0.346. The Bertz CT molecular complexity index is 594. The van der Waals surface area contributed by atoms with Gasteiger partial charge >= 0.3 is 0 Å². The molecule has 2 rings (SSSR count). The molecule has 20 heavy (non-hydrogen) atoms. The Labute approximate surface area is 115 Å². The van der Waals surface area contributed by atoms with Crippen LogP contribution in [0.2, 0.25) is 0 Å². The van der Waals surface area contributed by atoms with E-state index in [4.69, 9.17) is 5.26 Å². The lowest BCUT2D eigenvalue weighted by molar-refractivity contribution is -0.385. The zero-order chi connectivity index (χ0) is 14.7. The van der Waals surface area contributed by atoms with Gasteiger partial charge in [0.25, 0.3) is 11.6 Å². The van der Waals surface area contributed by atoms with Crippen LogP contribution in [0.1, 0.15) is 15.9 Å². The summed E-state index contributed by atoms with van der Waals surface area (Å²) in [7, 11) is 0. The molecule has 1 fully saturated rings. The van der Waals surface area contributed by atoms with Crippen molar-refractivity contribution in [2.24, 2.45) is 0 Å². The number of carbonyl (C=O) groups is 1. The van der Waals surface area contributed by atoms with Crippen LogP contribution in [-0.2, 0) is 0 Å². The van der Waals surface area contributed by atoms with E-state index in [1.807, 2.05) is 0 Å². The van der Waals surface area contributed by atoms with Crippen LogP contribution in [0.3, 0.4) is 0 Å². The molecule has 0 radical (unpaired) electrons. The minimum absolute atomic E-state index is 0.0838. The third-order valence-electron chi connectivity index (χ3n) is 3.31. The number of nitro groups is 1. The fourth-order valence-corrected chi connectivity index (χ4v) is 2.17. The minimum Gasteiger partial charge on any atom is -0.320 e. The maximum Gasteiger partial charge on any atom is 0.273 e. The molecule has 1 aliphatic heterocycles. The second-order valence-electron chi connectivity index (χ2n) is 4.61. The lowest BCUT2D eigenvalue weighted by Crippen LogP contribution is -2.53. The van der Waals surface area contributed by atoms with E-state index in [2.05, 4.69) is 11.4 Å². The van der Waals surface area contributed by atoms with E-state index in [1.54, 1.807) is 19.1 Å². The quantitative estimate of drug-likeness (QED) is 0.636. The van der Waals surface area contributed by atoms with Gasteiger partial charge in [0.2, 0.25) is 0 Å². The van der Waals surface area contributed by atoms with Crippen LogP contribution in [0.4, 0.5) is 5.69 Å². The largest absolute Gasteiger partial charge is 0.320 e. The molecule has 1 unspecified atom stereocenters. The number of hydrogen-bond acceptors (Lipinski definition) is 5. The van der Waals surface area contributed by atoms with E-state index in [9.17, 15) is 14.9 Å². The van der Waals surface area contributed by atoms with Crippen molar-refractivity contribution in [3.63, 3.8) is 0 Å². The van der Waals surface area contributed by atoms with E-state index in [0.717, 1.165) is 0 Å². The van der Waals surface area contributed by atoms with Gasteiger partial charge in [-0.05, 0) is 13.0 Å². The Kier molecular flexibility index (Phi) is 3.96. The summed E-state index contributed by atoms with van der Waals surface area (Å²) in [5.41, 5.74) is 0.660. The molecule has 1 N–H and O–H groups in total. The smallest absolute Gasteiger partial charge is 0.273 e. The number of nitriles is 1. The third-order valence-corrected chi connectivity index (χ3v) is 3.31. The zero-order valence-corrected chi connectivity index (χ0v) is 11.0. The third kappa shape index (κ3) is 2.60. The predicted molar refractivity (Wildman–Crippen MR) is 71.1 cm³/mol. The summed E-state index contributed by atoms with van der Waals surface area (Å²) >= 11 is 0. The minimum atomic E-state index is -0.545. The number of benzene rings is 1. The normalized spacial score (nSPS) is 18.4. The number of rotatable bonds is 2. The van der Waals surface area contributed by atoms with Gasteiger partial charge in [0, 0.05) is 36.8 Å². The van der Waals surface area contributed by atoms with Gasteiger partial charge in [0.15, 0.2) is 0 Å². The van der Waals surface area contributed by atoms with Crippen molar-refractivity contribution in [3.8, 4) is 6.07 Å². The molecule has 1 saturated heterocycles. The summed E-state index contributed by atoms with van der Waals surface area (Å²) in [6, 6.07) is 5.90. The molecule has 1 atom stereocenters. The average Bonchev–Trinajstić information content (AvgIpc) is 2.46. The molecule has 7 heteroatoms. The highest BCUT2D eigenvalue weighted by Crippen LogP contribution is 2.21. The Hall–Kier alpha value is -2.46. The highest BCUT2D eigenvalue weighted by molar-refractivity contribution is 5.95. The van der Waals surface area contributed by atoms with Crippen molar-refractivity contribution in [1.82, 2.24) is 10.2 Å². The Morgan fingerprint density at radius 3 is 3.00 bits per heavy atom. The molecule has 1 aliphatic rings. The van der Waals surface area contributed by atoms with Crippen molar-refractivity contribution in [2.45, 2.75) is 13.0 Å². The summed E-state index contributed by atoms with van der Waals surface area (Å²) in [4.78, 5) is 24.2. The molecule has 0 bridgehead atoms. The van der Waals surface area contributed by atoms with Crippen LogP contribution in [0.5, 0.6) is 0 Å². The van der Waals surface area contributed by atoms with Crippen LogP contribution in [0.25, 0.3) is 0 Å². The van der Waals surface area contributed by atoms with E-state index in [1.165, 1.54) is 11.0 Å². The van der Waals surface area contributed by atoms with Crippen LogP contribution in [0, 0.1) is 28.4 Å². The second-order valence-corrected chi connectivity index (χ2v) is 4.61. The first-order valence-corrected chi connectivity index (χ1v) is 6.21. The number of aryl methyl sites for hydroxylation is 1. The van der Waals surface area contributed by atoms with E-state index in [0.29, 0.717) is 25.2 Å². The highest BCUT2D eigenvalue weighted by atomic mass is 16.6. The van der Waals surface area contributed by atoms with E-state index < -0.39 is 11.0 Å². The van der Waals surface area contributed by atoms with E-state index >= 15 is 0 Å². The zero-order valence-electron chi connectivity index (χ0n) is 11.0. The van der Waals surface area contributed by atoms with Gasteiger partial charge < -0.3 is 10.2 Å². The Balaban J connectivity index is 2.31. The fraction of sp³-hybridized carbons (Fsp3) is 0.385. The molecule has 0 aromatic heterocycles. The fourth-order valence-electron chi connectivity index (χ4n) is 2.17. The van der Waals surface area contributed by atoms with Crippen molar-refractivity contribution in [3.05, 3.63) is 39.4 Å². The van der Waals surface area contributed by atoms with Gasteiger partial charge in [-0.25, -0.2) is 0 Å². The predicted octanol–water partition coefficient (Wildman–Crippen LogP) is 0.841. The van der Waals surface area contributed by atoms with Crippen molar-refractivity contribution in [1.29, 1.82) is 5.26 Å². The van der Waals surface area contributed by atoms with Crippen molar-refractivity contribution >= 4 is 11.6 Å². The van der Waals surface area contributed by atoms with Gasteiger partial charge in [0.05, 0.1) is 11.0 Å². The molecule has 0 aliphatic carbocycles. The van der Waals surface area contributed by atoms with Crippen LogP contribution >= 0.6 is 0 Å². The average molecular weight is 274 g/mol. The molecule has 1 aromatic rings. The lowest BCUT2D eigenvalue weighted by atomic mass is 10.1. The van der Waals surface area contributed by atoms with Crippen LogP contribution in [-0.4, -0.2) is 41.4 Å². The summed E-state index contributed by atoms with van der Waals surface area (Å²) < 4.78 is 0. The first kappa shape index (κ1) is 14.0. The van der Waals surface area contributed by atoms with Gasteiger partial charge in [-0.15, -0.1) is 0 Å². The van der Waals surface area contributed by atoms with Gasteiger partial charge in [-0.2, -0.15) is 5.26 Å². The first-order chi connectivity index (χ1) is 9.54. The molecule has 104 valence electrons. The second kappa shape index (κ2) is 5.67. The summed E-state index contributed by atoms with van der Waals surface area (Å²) in [5, 5.41) is 23.0. The molecule has 1 amide bonds. The van der Waals surface area contributed by atoms with Gasteiger partial charge in [0.1, 0.15) is 6.04 Å². The molecule has 1 heterocycles. The molecular weight excluding hydrogens is 260 g/mol. The molecule has 7 nitrogen and oxygen atoms in total. The number of nitrogens with one attached hydrogen (secondary N) is 1. The number of nitro benzene ring substituents is 1. The number of nitrogens with zero attached hydrogens (tertiary/aromatic N) is 3. The Morgan fingerprint density at radius 2 is 2.35 bits per heavy atom. The molecule has 0 spiro atoms. The first-order valence-electron chi connectivity index (χ1n) is 6.21. The summed E-state index contributed by atoms with van der Waals surface area (Å²) in [6.45, 7) is 3.06. The molecular formula is C13H14N4O3. The maximum atomic E-state index is 12.4. The van der Waals surface area contributed by atoms with Gasteiger partial charge in [-0.3, -0.25) is 14.9 Å². The maximum absolute atomic E-state index is 12.4. The topological polar surface area (TPSA) is 99.3 Å². The van der Waals surface area contributed by atoms with Crippen molar-refractivity contribution < 1.29 is 9.72 Å². The number of carbonyl (C=O) groups excluding carboxylic acids is 1. The SMILES string of the molecule is Cc1ccc(C(=O)N2CCNCC2C#N)cc1[N+](=O)[O-].